The maximum Gasteiger partial charge on any atom is 0.233 e. The maximum absolute atomic E-state index is 15.1. The molecule has 0 unspecified atom stereocenters. The third-order valence-corrected chi connectivity index (χ3v) is 12.2. The number of benzene rings is 1. The van der Waals surface area contributed by atoms with Gasteiger partial charge >= 0.3 is 0 Å². The van der Waals surface area contributed by atoms with E-state index in [1.54, 1.807) is 18.2 Å². The summed E-state index contributed by atoms with van der Waals surface area (Å²) in [5.74, 6) is -2.65. The van der Waals surface area contributed by atoms with Crippen LogP contribution in [0.15, 0.2) is 35.0 Å². The van der Waals surface area contributed by atoms with E-state index in [4.69, 9.17) is 32.5 Å². The summed E-state index contributed by atoms with van der Waals surface area (Å²) >= 11 is 12.9. The van der Waals surface area contributed by atoms with Gasteiger partial charge < -0.3 is 19.3 Å². The number of Topliss-reactive ketones (excluding diaryl/α,β-unsaturated/α-hetero) is 1. The van der Waals surface area contributed by atoms with E-state index in [1.165, 1.54) is 11.1 Å². The number of rotatable bonds is 10. The second-order valence-electron chi connectivity index (χ2n) is 12.3. The number of carbonyl (C=O) groups excluding carboxylic acids is 2. The summed E-state index contributed by atoms with van der Waals surface area (Å²) in [7, 11) is -3.98. The van der Waals surface area contributed by atoms with Crippen LogP contribution in [0.3, 0.4) is 0 Å². The number of ketones is 1. The van der Waals surface area contributed by atoms with Crippen molar-refractivity contribution in [3.8, 4) is 11.3 Å². The van der Waals surface area contributed by atoms with Crippen LogP contribution in [-0.4, -0.2) is 64.6 Å². The van der Waals surface area contributed by atoms with Crippen LogP contribution in [0.1, 0.15) is 72.7 Å². The van der Waals surface area contributed by atoms with Crippen LogP contribution in [-0.2, 0) is 26.0 Å². The van der Waals surface area contributed by atoms with Crippen molar-refractivity contribution < 1.29 is 36.8 Å². The summed E-state index contributed by atoms with van der Waals surface area (Å²) in [5, 5.41) is 14.1. The third-order valence-electron chi connectivity index (χ3n) is 9.39. The van der Waals surface area contributed by atoms with Gasteiger partial charge in [-0.25, -0.2) is 17.8 Å². The molecule has 4 fully saturated rings. The largest absolute Gasteiger partial charge is 0.392 e. The molecule has 0 spiro atoms. The summed E-state index contributed by atoms with van der Waals surface area (Å²) in [4.78, 5) is 31.6. The minimum atomic E-state index is -3.98. The predicted molar refractivity (Wildman–Crippen MR) is 162 cm³/mol. The lowest BCUT2D eigenvalue weighted by Crippen LogP contribution is -2.43. The van der Waals surface area contributed by atoms with E-state index in [9.17, 15) is 23.1 Å². The molecule has 3 aliphatic carbocycles. The number of piperidine rings is 1. The van der Waals surface area contributed by atoms with Crippen LogP contribution in [0, 0.1) is 11.7 Å². The molecular formula is C31H30Cl2FN3O7S. The predicted octanol–water partition coefficient (Wildman–Crippen LogP) is 5.28. The fourth-order valence-corrected chi connectivity index (χ4v) is 9.45. The molecule has 0 radical (unpaired) electrons. The maximum atomic E-state index is 15.1. The second kappa shape index (κ2) is 11.7. The number of ether oxygens (including phenoxy) is 1. The lowest BCUT2D eigenvalue weighted by atomic mass is 10.0. The zero-order valence-corrected chi connectivity index (χ0v) is 26.3. The van der Waals surface area contributed by atoms with Gasteiger partial charge in [0.1, 0.15) is 22.9 Å². The number of aliphatic hydroxyl groups excluding tert-OH is 1. The standard InChI is InChI=1S/C31H30Cl2FN3O7S/c32-20-3-1-4-21(33)27(20)28-19(30(44-36-28)15-7-8-15)13-43-25-11-16-9-18(25)31(40)37(16)17-10-22(34)29(35-12-17)24(39)14-45(41,42)26-6-2-5-23(26)38/h1,3-4,10,12,15-16,18,23,25-26,38H,2,5-9,11,13-14H2/t16-,18+,23+,25+,26+/m0/s1. The molecule has 1 saturated heterocycles. The summed E-state index contributed by atoms with van der Waals surface area (Å²) in [6.07, 6.45) is 3.92. The number of anilines is 1. The van der Waals surface area contributed by atoms with E-state index in [0.29, 0.717) is 47.0 Å². The van der Waals surface area contributed by atoms with Crippen molar-refractivity contribution in [2.24, 2.45) is 5.92 Å². The van der Waals surface area contributed by atoms with E-state index < -0.39 is 50.2 Å². The zero-order chi connectivity index (χ0) is 31.6. The van der Waals surface area contributed by atoms with Gasteiger partial charge in [-0.1, -0.05) is 34.4 Å². The number of nitrogens with zero attached hydrogens (tertiary/aromatic N) is 3. The summed E-state index contributed by atoms with van der Waals surface area (Å²) in [6, 6.07) is 5.99. The highest BCUT2D eigenvalue weighted by atomic mass is 35.5. The first-order valence-electron chi connectivity index (χ1n) is 15.0. The first-order chi connectivity index (χ1) is 21.5. The molecule has 10 nitrogen and oxygen atoms in total. The number of sulfone groups is 1. The molecule has 2 aromatic heterocycles. The number of fused-ring (bicyclic) bond motifs is 2. The van der Waals surface area contributed by atoms with Gasteiger partial charge in [0, 0.05) is 29.2 Å². The Morgan fingerprint density at radius 2 is 1.91 bits per heavy atom. The van der Waals surface area contributed by atoms with Crippen molar-refractivity contribution in [1.82, 2.24) is 10.1 Å². The van der Waals surface area contributed by atoms with Crippen molar-refractivity contribution in [3.05, 3.63) is 63.3 Å². The lowest BCUT2D eigenvalue weighted by Gasteiger charge is -2.31. The van der Waals surface area contributed by atoms with Crippen LogP contribution in [0.2, 0.25) is 10.0 Å². The molecule has 7 rings (SSSR count). The SMILES string of the molecule is O=C(CS(=O)(=O)[C@@H]1CCC[C@H]1O)c1ncc(N2C(=O)[C@@H]3C[C@H]2C[C@H]3OCc2c(-c3c(Cl)cccc3Cl)noc2C2CC2)cc1F. The van der Waals surface area contributed by atoms with Crippen molar-refractivity contribution in [2.45, 2.75) is 81.0 Å². The molecule has 3 aromatic rings. The van der Waals surface area contributed by atoms with Gasteiger partial charge in [-0.05, 0) is 57.1 Å². The fourth-order valence-electron chi connectivity index (χ4n) is 7.01. The van der Waals surface area contributed by atoms with Crippen LogP contribution in [0.5, 0.6) is 0 Å². The molecule has 3 saturated carbocycles. The molecule has 1 aromatic carbocycles. The minimum absolute atomic E-state index is 0.154. The Kier molecular flexibility index (Phi) is 8.00. The molecule has 1 amide bonds. The van der Waals surface area contributed by atoms with Gasteiger partial charge in [0.2, 0.25) is 5.91 Å². The molecule has 3 heterocycles. The van der Waals surface area contributed by atoms with E-state index in [-0.39, 0.29) is 42.7 Å². The Labute approximate surface area is 268 Å². The smallest absolute Gasteiger partial charge is 0.233 e. The average Bonchev–Trinajstić information content (AvgIpc) is 3.26. The number of halogens is 3. The highest BCUT2D eigenvalue weighted by Crippen LogP contribution is 2.48. The van der Waals surface area contributed by atoms with E-state index >= 15 is 4.39 Å². The Balaban J connectivity index is 1.04. The zero-order valence-electron chi connectivity index (χ0n) is 24.0. The fraction of sp³-hybridized carbons (Fsp3) is 0.484. The van der Waals surface area contributed by atoms with Gasteiger partial charge in [-0.2, -0.15) is 0 Å². The van der Waals surface area contributed by atoms with Crippen molar-refractivity contribution in [3.63, 3.8) is 0 Å². The van der Waals surface area contributed by atoms with Crippen LogP contribution >= 0.6 is 23.2 Å². The Morgan fingerprint density at radius 3 is 2.56 bits per heavy atom. The summed E-state index contributed by atoms with van der Waals surface area (Å²) in [5.41, 5.74) is 1.43. The van der Waals surface area contributed by atoms with Gasteiger partial charge in [0.05, 0.1) is 51.9 Å². The minimum Gasteiger partial charge on any atom is -0.392 e. The van der Waals surface area contributed by atoms with Gasteiger partial charge in [-0.15, -0.1) is 0 Å². The number of amides is 1. The van der Waals surface area contributed by atoms with E-state index in [2.05, 4.69) is 10.1 Å². The Morgan fingerprint density at radius 1 is 1.16 bits per heavy atom. The lowest BCUT2D eigenvalue weighted by molar-refractivity contribution is -0.126. The normalized spacial score (nSPS) is 26.3. The quantitative estimate of drug-likeness (QED) is 0.284. The molecule has 1 aliphatic heterocycles. The first kappa shape index (κ1) is 30.7. The molecule has 14 heteroatoms. The number of pyridine rings is 1. The summed E-state index contributed by atoms with van der Waals surface area (Å²) in [6.45, 7) is 0.154. The topological polar surface area (TPSA) is 140 Å². The van der Waals surface area contributed by atoms with Crippen molar-refractivity contribution in [1.29, 1.82) is 0 Å². The third kappa shape index (κ3) is 5.58. The Bertz CT molecular complexity index is 1780. The molecule has 2 bridgehead atoms. The van der Waals surface area contributed by atoms with E-state index in [1.807, 2.05) is 0 Å². The first-order valence-corrected chi connectivity index (χ1v) is 17.5. The van der Waals surface area contributed by atoms with Crippen LogP contribution in [0.25, 0.3) is 11.3 Å². The van der Waals surface area contributed by atoms with Crippen LogP contribution in [0.4, 0.5) is 10.1 Å². The molecule has 238 valence electrons. The average molecular weight is 679 g/mol. The van der Waals surface area contributed by atoms with Gasteiger partial charge in [-0.3, -0.25) is 9.59 Å². The number of carbonyl (C=O) groups is 2. The highest BCUT2D eigenvalue weighted by molar-refractivity contribution is 7.92. The van der Waals surface area contributed by atoms with Crippen LogP contribution < -0.4 is 4.90 Å². The van der Waals surface area contributed by atoms with Gasteiger partial charge in [0.15, 0.2) is 21.4 Å². The van der Waals surface area contributed by atoms with Gasteiger partial charge in [0.25, 0.3) is 0 Å². The molecular weight excluding hydrogens is 648 g/mol. The second-order valence-corrected chi connectivity index (χ2v) is 15.4. The summed E-state index contributed by atoms with van der Waals surface area (Å²) < 4.78 is 52.5. The molecule has 4 aliphatic rings. The van der Waals surface area contributed by atoms with Crippen molar-refractivity contribution in [2.75, 3.05) is 10.7 Å². The molecule has 45 heavy (non-hydrogen) atoms. The van der Waals surface area contributed by atoms with Crippen molar-refractivity contribution >= 4 is 50.4 Å². The van der Waals surface area contributed by atoms with E-state index in [0.717, 1.165) is 30.2 Å². The number of aromatic nitrogens is 2. The number of hydrogen-bond donors (Lipinski definition) is 1. The number of hydrogen-bond acceptors (Lipinski definition) is 9. The molecule has 1 N–H and O–H groups in total. The Hall–Kier alpha value is -2.90. The number of aliphatic hydroxyl groups is 1. The molecule has 5 atom stereocenters. The highest BCUT2D eigenvalue weighted by Gasteiger charge is 2.52. The monoisotopic (exact) mass is 677 g/mol.